The number of nitrogens with one attached hydrogen (secondary N) is 1. The number of nitrogens with zero attached hydrogens (tertiary/aromatic N) is 2. The van der Waals surface area contributed by atoms with E-state index in [0.29, 0.717) is 28.6 Å². The highest BCUT2D eigenvalue weighted by Crippen LogP contribution is 2.24. The van der Waals surface area contributed by atoms with Crippen molar-refractivity contribution >= 4 is 52.2 Å². The SMILES string of the molecule is Cc1nsc(SCCC(=O)Nc2cc(Cl)ccc2N)n1. The van der Waals surface area contributed by atoms with E-state index < -0.39 is 0 Å². The fourth-order valence-electron chi connectivity index (χ4n) is 1.42. The van der Waals surface area contributed by atoms with Gasteiger partial charge in [0.05, 0.1) is 11.4 Å². The van der Waals surface area contributed by atoms with Crippen LogP contribution in [0.3, 0.4) is 0 Å². The summed E-state index contributed by atoms with van der Waals surface area (Å²) in [7, 11) is 0. The Morgan fingerprint density at radius 3 is 3.05 bits per heavy atom. The van der Waals surface area contributed by atoms with Gasteiger partial charge in [0.2, 0.25) is 5.91 Å². The number of rotatable bonds is 5. The van der Waals surface area contributed by atoms with Crippen molar-refractivity contribution in [2.24, 2.45) is 0 Å². The maximum Gasteiger partial charge on any atom is 0.225 e. The lowest BCUT2D eigenvalue weighted by atomic mass is 10.2. The van der Waals surface area contributed by atoms with Gasteiger partial charge in [0.25, 0.3) is 0 Å². The third kappa shape index (κ3) is 4.36. The molecule has 8 heteroatoms. The van der Waals surface area contributed by atoms with Crippen LogP contribution in [-0.4, -0.2) is 21.0 Å². The van der Waals surface area contributed by atoms with E-state index in [2.05, 4.69) is 14.7 Å². The molecule has 0 radical (unpaired) electrons. The minimum absolute atomic E-state index is 0.104. The van der Waals surface area contributed by atoms with Crippen LogP contribution in [0.4, 0.5) is 11.4 Å². The molecule has 3 N–H and O–H groups in total. The van der Waals surface area contributed by atoms with Gasteiger partial charge >= 0.3 is 0 Å². The van der Waals surface area contributed by atoms with Crippen LogP contribution in [0.15, 0.2) is 22.5 Å². The predicted molar refractivity (Wildman–Crippen MR) is 84.5 cm³/mol. The molecular formula is C12H13ClN4OS2. The van der Waals surface area contributed by atoms with E-state index >= 15 is 0 Å². The van der Waals surface area contributed by atoms with Crippen molar-refractivity contribution in [3.05, 3.63) is 29.0 Å². The van der Waals surface area contributed by atoms with Crippen molar-refractivity contribution in [2.45, 2.75) is 17.7 Å². The molecule has 20 heavy (non-hydrogen) atoms. The molecule has 0 saturated carbocycles. The quantitative estimate of drug-likeness (QED) is 0.650. The number of anilines is 2. The second-order valence-corrected chi connectivity index (χ2v) is 6.52. The first-order chi connectivity index (χ1) is 9.54. The largest absolute Gasteiger partial charge is 0.397 e. The first-order valence-corrected chi connectivity index (χ1v) is 7.96. The summed E-state index contributed by atoms with van der Waals surface area (Å²) < 4.78 is 4.95. The molecule has 0 aliphatic carbocycles. The van der Waals surface area contributed by atoms with Gasteiger partial charge in [-0.25, -0.2) is 4.98 Å². The number of halogens is 1. The first kappa shape index (κ1) is 15.1. The molecule has 0 aliphatic rings. The maximum absolute atomic E-state index is 11.8. The fourth-order valence-corrected chi connectivity index (χ4v) is 3.24. The van der Waals surface area contributed by atoms with Gasteiger partial charge in [0, 0.05) is 17.2 Å². The van der Waals surface area contributed by atoms with Gasteiger partial charge in [-0.2, -0.15) is 4.37 Å². The highest BCUT2D eigenvalue weighted by atomic mass is 35.5. The molecule has 0 bridgehead atoms. The summed E-state index contributed by atoms with van der Waals surface area (Å²) in [5, 5.41) is 3.28. The van der Waals surface area contributed by atoms with Crippen molar-refractivity contribution < 1.29 is 4.79 Å². The summed E-state index contributed by atoms with van der Waals surface area (Å²) in [5.74, 6) is 1.29. The zero-order valence-corrected chi connectivity index (χ0v) is 13.1. The summed E-state index contributed by atoms with van der Waals surface area (Å²) in [6, 6.07) is 4.98. The second-order valence-electron chi connectivity index (χ2n) is 3.99. The monoisotopic (exact) mass is 328 g/mol. The number of aryl methyl sites for hydroxylation is 1. The molecule has 2 rings (SSSR count). The molecule has 0 atom stereocenters. The molecule has 0 fully saturated rings. The van der Waals surface area contributed by atoms with Crippen LogP contribution in [0.2, 0.25) is 5.02 Å². The maximum atomic E-state index is 11.8. The molecule has 0 saturated heterocycles. The Morgan fingerprint density at radius 2 is 2.35 bits per heavy atom. The van der Waals surface area contributed by atoms with E-state index in [9.17, 15) is 4.79 Å². The van der Waals surface area contributed by atoms with Crippen LogP contribution in [0.1, 0.15) is 12.2 Å². The summed E-state index contributed by atoms with van der Waals surface area (Å²) in [5.41, 5.74) is 6.80. The summed E-state index contributed by atoms with van der Waals surface area (Å²) >= 11 is 8.72. The predicted octanol–water partition coefficient (Wildman–Crippen LogP) is 3.20. The van der Waals surface area contributed by atoms with Crippen molar-refractivity contribution in [2.75, 3.05) is 16.8 Å². The Labute approximate surface area is 130 Å². The summed E-state index contributed by atoms with van der Waals surface area (Å²) in [6.07, 6.45) is 0.370. The number of nitrogens with two attached hydrogens (primary N) is 1. The van der Waals surface area contributed by atoms with E-state index in [1.165, 1.54) is 23.3 Å². The van der Waals surface area contributed by atoms with E-state index in [-0.39, 0.29) is 5.91 Å². The molecule has 106 valence electrons. The number of nitrogen functional groups attached to an aromatic ring is 1. The van der Waals surface area contributed by atoms with E-state index in [0.717, 1.165) is 10.2 Å². The van der Waals surface area contributed by atoms with Crippen molar-refractivity contribution in [3.63, 3.8) is 0 Å². The van der Waals surface area contributed by atoms with E-state index in [4.69, 9.17) is 17.3 Å². The van der Waals surface area contributed by atoms with Gasteiger partial charge in [-0.1, -0.05) is 23.4 Å². The van der Waals surface area contributed by atoms with E-state index in [1.54, 1.807) is 18.2 Å². The Kier molecular flexibility index (Phi) is 5.22. The molecule has 1 aromatic carbocycles. The van der Waals surface area contributed by atoms with Crippen LogP contribution in [-0.2, 0) is 4.79 Å². The minimum atomic E-state index is -0.104. The van der Waals surface area contributed by atoms with Crippen LogP contribution in [0.25, 0.3) is 0 Å². The molecule has 0 spiro atoms. The molecule has 1 heterocycles. The van der Waals surface area contributed by atoms with Crippen molar-refractivity contribution in [1.29, 1.82) is 0 Å². The topological polar surface area (TPSA) is 80.9 Å². The number of thioether (sulfide) groups is 1. The number of hydrogen-bond donors (Lipinski definition) is 2. The second kappa shape index (κ2) is 6.92. The molecule has 0 aliphatic heterocycles. The smallest absolute Gasteiger partial charge is 0.225 e. The lowest BCUT2D eigenvalue weighted by molar-refractivity contribution is -0.115. The molecule has 1 aromatic heterocycles. The molecule has 5 nitrogen and oxygen atoms in total. The van der Waals surface area contributed by atoms with Gasteiger partial charge in [0.1, 0.15) is 5.82 Å². The highest BCUT2D eigenvalue weighted by Gasteiger charge is 2.07. The molecular weight excluding hydrogens is 316 g/mol. The number of carbonyl (C=O) groups is 1. The average Bonchev–Trinajstić information content (AvgIpc) is 2.80. The third-order valence-electron chi connectivity index (χ3n) is 2.35. The van der Waals surface area contributed by atoms with Gasteiger partial charge in [0.15, 0.2) is 4.34 Å². The Bertz CT molecular complexity index is 617. The van der Waals surface area contributed by atoms with Crippen LogP contribution < -0.4 is 11.1 Å². The lowest BCUT2D eigenvalue weighted by Crippen LogP contribution is -2.13. The summed E-state index contributed by atoms with van der Waals surface area (Å²) in [4.78, 5) is 16.0. The summed E-state index contributed by atoms with van der Waals surface area (Å²) in [6.45, 7) is 1.84. The van der Waals surface area contributed by atoms with Crippen LogP contribution in [0.5, 0.6) is 0 Å². The van der Waals surface area contributed by atoms with Gasteiger partial charge in [-0.05, 0) is 36.7 Å². The number of benzene rings is 1. The Morgan fingerprint density at radius 1 is 1.55 bits per heavy atom. The normalized spacial score (nSPS) is 10.5. The standard InChI is InChI=1S/C12H13ClN4OS2/c1-7-15-12(20-17-7)19-5-4-11(18)16-10-6-8(13)2-3-9(10)14/h2-3,6H,4-5,14H2,1H3,(H,16,18). The number of carbonyl (C=O) groups excluding carboxylic acids is 1. The number of amides is 1. The fraction of sp³-hybridized carbons (Fsp3) is 0.250. The van der Waals surface area contributed by atoms with Gasteiger partial charge in [-0.15, -0.1) is 0 Å². The average molecular weight is 329 g/mol. The lowest BCUT2D eigenvalue weighted by Gasteiger charge is -2.08. The Hall–Kier alpha value is -1.31. The minimum Gasteiger partial charge on any atom is -0.397 e. The highest BCUT2D eigenvalue weighted by molar-refractivity contribution is 8.00. The van der Waals surface area contributed by atoms with Crippen molar-refractivity contribution in [1.82, 2.24) is 9.36 Å². The zero-order valence-electron chi connectivity index (χ0n) is 10.7. The first-order valence-electron chi connectivity index (χ1n) is 5.82. The molecule has 0 unspecified atom stereocenters. The van der Waals surface area contributed by atoms with Crippen molar-refractivity contribution in [3.8, 4) is 0 Å². The number of hydrogen-bond acceptors (Lipinski definition) is 6. The molecule has 1 amide bonds. The third-order valence-corrected chi connectivity index (χ3v) is 4.51. The van der Waals surface area contributed by atoms with E-state index in [1.807, 2.05) is 6.92 Å². The Balaban J connectivity index is 1.82. The zero-order chi connectivity index (χ0) is 14.5. The van der Waals surface area contributed by atoms with Gasteiger partial charge in [-0.3, -0.25) is 4.79 Å². The molecule has 2 aromatic rings. The van der Waals surface area contributed by atoms with Crippen LogP contribution >= 0.6 is 34.9 Å². The van der Waals surface area contributed by atoms with Gasteiger partial charge < -0.3 is 11.1 Å². The number of aromatic nitrogens is 2. The van der Waals surface area contributed by atoms with Crippen LogP contribution in [0, 0.1) is 6.92 Å².